The molecular weight excluding hydrogens is 232 g/mol. The first-order valence-electron chi connectivity index (χ1n) is 5.71. The highest BCUT2D eigenvalue weighted by molar-refractivity contribution is 5.79. The average Bonchev–Trinajstić information content (AvgIpc) is 2.99. The molecule has 0 spiro atoms. The summed E-state index contributed by atoms with van der Waals surface area (Å²) in [5.74, 6) is 0.325. The third kappa shape index (κ3) is 2.88. The molecule has 0 saturated heterocycles. The summed E-state index contributed by atoms with van der Waals surface area (Å²) in [7, 11) is 0. The topological polar surface area (TPSA) is 90.8 Å². The van der Waals surface area contributed by atoms with E-state index in [1.54, 1.807) is 36.4 Å². The van der Waals surface area contributed by atoms with Crippen molar-refractivity contribution in [3.63, 3.8) is 0 Å². The van der Waals surface area contributed by atoms with Crippen molar-refractivity contribution in [2.75, 3.05) is 12.3 Å². The van der Waals surface area contributed by atoms with Crippen molar-refractivity contribution < 1.29 is 4.79 Å². The fourth-order valence-corrected chi connectivity index (χ4v) is 1.56. The van der Waals surface area contributed by atoms with E-state index < -0.39 is 0 Å². The molecule has 7 nitrogen and oxygen atoms in total. The number of rotatable bonds is 5. The van der Waals surface area contributed by atoms with Gasteiger partial charge in [-0.1, -0.05) is 0 Å². The van der Waals surface area contributed by atoms with Crippen molar-refractivity contribution in [2.45, 2.75) is 19.5 Å². The van der Waals surface area contributed by atoms with Crippen LogP contribution in [0.5, 0.6) is 0 Å². The summed E-state index contributed by atoms with van der Waals surface area (Å²) in [6.45, 7) is 3.02. The van der Waals surface area contributed by atoms with E-state index in [1.807, 2.05) is 10.8 Å². The van der Waals surface area contributed by atoms with E-state index in [-0.39, 0.29) is 11.9 Å². The Morgan fingerprint density at radius 1 is 1.56 bits per heavy atom. The molecule has 2 heterocycles. The molecule has 0 aliphatic rings. The lowest BCUT2D eigenvalue weighted by molar-refractivity contribution is -0.124. The Hall–Kier alpha value is -2.31. The molecule has 1 amide bonds. The van der Waals surface area contributed by atoms with Crippen LogP contribution in [0.3, 0.4) is 0 Å². The van der Waals surface area contributed by atoms with Gasteiger partial charge in [-0.3, -0.25) is 9.48 Å². The predicted molar refractivity (Wildman–Crippen MR) is 66.6 cm³/mol. The zero-order chi connectivity index (χ0) is 13.0. The number of nitrogens with two attached hydrogens (primary N) is 1. The van der Waals surface area contributed by atoms with Gasteiger partial charge >= 0.3 is 0 Å². The molecule has 1 atom stereocenters. The standard InChI is InChI=1S/C11H16N6O/c1-9(17-5-2-10(12)15-17)11(18)14-4-7-16-6-3-13-8-16/h2-3,5-6,8-9H,4,7H2,1H3,(H2,12,15)(H,14,18). The number of carbonyl (C=O) groups excluding carboxylic acids is 1. The Bertz CT molecular complexity index is 503. The molecule has 1 unspecified atom stereocenters. The Morgan fingerprint density at radius 2 is 2.39 bits per heavy atom. The maximum atomic E-state index is 11.8. The monoisotopic (exact) mass is 248 g/mol. The fourth-order valence-electron chi connectivity index (χ4n) is 1.56. The highest BCUT2D eigenvalue weighted by Gasteiger charge is 2.14. The molecular formula is C11H16N6O. The second-order valence-corrected chi connectivity index (χ2v) is 3.99. The van der Waals surface area contributed by atoms with E-state index in [4.69, 9.17) is 5.73 Å². The van der Waals surface area contributed by atoms with Crippen LogP contribution in [0.15, 0.2) is 31.0 Å². The largest absolute Gasteiger partial charge is 0.382 e. The summed E-state index contributed by atoms with van der Waals surface area (Å²) in [6.07, 6.45) is 6.96. The van der Waals surface area contributed by atoms with E-state index >= 15 is 0 Å². The SMILES string of the molecule is CC(C(=O)NCCn1ccnc1)n1ccc(N)n1. The number of carbonyl (C=O) groups is 1. The molecule has 18 heavy (non-hydrogen) atoms. The first-order chi connectivity index (χ1) is 8.66. The molecule has 2 rings (SSSR count). The van der Waals surface area contributed by atoms with Crippen molar-refractivity contribution in [1.82, 2.24) is 24.6 Å². The van der Waals surface area contributed by atoms with Gasteiger partial charge in [0.25, 0.3) is 0 Å². The van der Waals surface area contributed by atoms with Crippen molar-refractivity contribution in [3.05, 3.63) is 31.0 Å². The molecule has 0 bridgehead atoms. The zero-order valence-electron chi connectivity index (χ0n) is 10.2. The van der Waals surface area contributed by atoms with Gasteiger partial charge < -0.3 is 15.6 Å². The summed E-state index contributed by atoms with van der Waals surface area (Å²) < 4.78 is 3.44. The lowest BCUT2D eigenvalue weighted by Crippen LogP contribution is -2.33. The van der Waals surface area contributed by atoms with E-state index in [9.17, 15) is 4.79 Å². The lowest BCUT2D eigenvalue weighted by atomic mass is 10.3. The maximum Gasteiger partial charge on any atom is 0.244 e. The average molecular weight is 248 g/mol. The van der Waals surface area contributed by atoms with Gasteiger partial charge in [-0.25, -0.2) is 4.98 Å². The van der Waals surface area contributed by atoms with Gasteiger partial charge in [0.1, 0.15) is 11.9 Å². The number of nitrogen functional groups attached to an aromatic ring is 1. The minimum absolute atomic E-state index is 0.0850. The predicted octanol–water partition coefficient (Wildman–Crippen LogP) is 0.0392. The number of anilines is 1. The Morgan fingerprint density at radius 3 is 3.00 bits per heavy atom. The quantitative estimate of drug-likeness (QED) is 0.781. The van der Waals surface area contributed by atoms with Gasteiger partial charge in [-0.2, -0.15) is 5.10 Å². The van der Waals surface area contributed by atoms with Crippen LogP contribution in [0.25, 0.3) is 0 Å². The van der Waals surface area contributed by atoms with Crippen LogP contribution in [0.2, 0.25) is 0 Å². The molecule has 7 heteroatoms. The second-order valence-electron chi connectivity index (χ2n) is 3.99. The van der Waals surface area contributed by atoms with Crippen molar-refractivity contribution >= 4 is 11.7 Å². The molecule has 0 saturated carbocycles. The number of amides is 1. The Labute approximate surface area is 105 Å². The summed E-state index contributed by atoms with van der Waals surface area (Å²) in [6, 6.07) is 1.29. The van der Waals surface area contributed by atoms with Gasteiger partial charge in [0, 0.05) is 31.7 Å². The molecule has 0 aromatic carbocycles. The maximum absolute atomic E-state index is 11.8. The van der Waals surface area contributed by atoms with Crippen LogP contribution in [0, 0.1) is 0 Å². The van der Waals surface area contributed by atoms with Gasteiger partial charge in [0.15, 0.2) is 0 Å². The van der Waals surface area contributed by atoms with E-state index in [2.05, 4.69) is 15.4 Å². The van der Waals surface area contributed by atoms with Crippen LogP contribution >= 0.6 is 0 Å². The molecule has 3 N–H and O–H groups in total. The highest BCUT2D eigenvalue weighted by atomic mass is 16.2. The van der Waals surface area contributed by atoms with Crippen LogP contribution in [-0.4, -0.2) is 31.8 Å². The molecule has 2 aromatic rings. The van der Waals surface area contributed by atoms with E-state index in [1.165, 1.54) is 0 Å². The first-order valence-corrected chi connectivity index (χ1v) is 5.71. The normalized spacial score (nSPS) is 12.3. The summed E-state index contributed by atoms with van der Waals surface area (Å²) in [5, 5.41) is 6.85. The van der Waals surface area contributed by atoms with Crippen LogP contribution in [0.1, 0.15) is 13.0 Å². The molecule has 96 valence electrons. The van der Waals surface area contributed by atoms with Crippen molar-refractivity contribution in [1.29, 1.82) is 0 Å². The van der Waals surface area contributed by atoms with Crippen LogP contribution in [-0.2, 0) is 11.3 Å². The van der Waals surface area contributed by atoms with E-state index in [0.717, 1.165) is 0 Å². The van der Waals surface area contributed by atoms with Crippen molar-refractivity contribution in [2.24, 2.45) is 0 Å². The van der Waals surface area contributed by atoms with Crippen LogP contribution < -0.4 is 11.1 Å². The second kappa shape index (κ2) is 5.35. The molecule has 0 aliphatic carbocycles. The minimum Gasteiger partial charge on any atom is -0.382 e. The first kappa shape index (κ1) is 12.2. The molecule has 2 aromatic heterocycles. The lowest BCUT2D eigenvalue weighted by Gasteiger charge is -2.12. The number of imidazole rings is 1. The fraction of sp³-hybridized carbons (Fsp3) is 0.364. The van der Waals surface area contributed by atoms with Crippen LogP contribution in [0.4, 0.5) is 5.82 Å². The number of nitrogens with zero attached hydrogens (tertiary/aromatic N) is 4. The highest BCUT2D eigenvalue weighted by Crippen LogP contribution is 2.06. The third-order valence-electron chi connectivity index (χ3n) is 2.63. The van der Waals surface area contributed by atoms with E-state index in [0.29, 0.717) is 18.9 Å². The Balaban J connectivity index is 1.81. The third-order valence-corrected chi connectivity index (χ3v) is 2.63. The van der Waals surface area contributed by atoms with Crippen molar-refractivity contribution in [3.8, 4) is 0 Å². The van der Waals surface area contributed by atoms with Gasteiger partial charge in [-0.15, -0.1) is 0 Å². The molecule has 0 radical (unpaired) electrons. The summed E-state index contributed by atoms with van der Waals surface area (Å²) >= 11 is 0. The molecule has 0 aliphatic heterocycles. The minimum atomic E-state index is -0.370. The number of hydrogen-bond donors (Lipinski definition) is 2. The number of nitrogens with one attached hydrogen (secondary N) is 1. The smallest absolute Gasteiger partial charge is 0.244 e. The molecule has 0 fully saturated rings. The van der Waals surface area contributed by atoms with Gasteiger partial charge in [0.2, 0.25) is 5.91 Å². The Kier molecular flexibility index (Phi) is 3.61. The summed E-state index contributed by atoms with van der Waals surface area (Å²) in [4.78, 5) is 15.8. The summed E-state index contributed by atoms with van der Waals surface area (Å²) in [5.41, 5.74) is 5.51. The zero-order valence-corrected chi connectivity index (χ0v) is 10.2. The van der Waals surface area contributed by atoms with Gasteiger partial charge in [-0.05, 0) is 13.0 Å². The number of hydrogen-bond acceptors (Lipinski definition) is 4. The number of aromatic nitrogens is 4. The van der Waals surface area contributed by atoms with Gasteiger partial charge in [0.05, 0.1) is 6.33 Å².